The van der Waals surface area contributed by atoms with Crippen molar-refractivity contribution in [3.05, 3.63) is 20.6 Å². The fraction of sp³-hybridized carbons (Fsp3) is 0.500. The van der Waals surface area contributed by atoms with E-state index in [0.717, 1.165) is 11.3 Å². The van der Waals surface area contributed by atoms with Gasteiger partial charge in [0.25, 0.3) is 0 Å². The lowest BCUT2D eigenvalue weighted by atomic mass is 10.2. The summed E-state index contributed by atoms with van der Waals surface area (Å²) in [4.78, 5) is 10.9. The number of carbonyl (C=O) groups is 1. The number of aliphatic hydroxyl groups excluding tert-OH is 1. The zero-order valence-electron chi connectivity index (χ0n) is 9.79. The van der Waals surface area contributed by atoms with Crippen LogP contribution in [0.4, 0.5) is 0 Å². The minimum atomic E-state index is -3.49. The second-order valence-electron chi connectivity index (χ2n) is 3.48. The van der Waals surface area contributed by atoms with E-state index in [9.17, 15) is 18.3 Å². The first-order chi connectivity index (χ1) is 8.48. The number of sulfone groups is 1. The number of hydrogen-bond donors (Lipinski definition) is 1. The molecule has 1 rings (SSSR count). The predicted molar refractivity (Wildman–Crippen MR) is 73.7 cm³/mol. The van der Waals surface area contributed by atoms with Crippen LogP contribution < -0.4 is 0 Å². The SMILES string of the molecule is COC(=O)CS(=O)(=O)CCC(CO)=C1SC=CS1. The van der Waals surface area contributed by atoms with Crippen molar-refractivity contribution in [1.82, 2.24) is 0 Å². The number of methoxy groups -OCH3 is 1. The molecule has 0 aromatic rings. The van der Waals surface area contributed by atoms with Crippen molar-refractivity contribution in [3.8, 4) is 0 Å². The maximum absolute atomic E-state index is 11.6. The molecule has 0 spiro atoms. The van der Waals surface area contributed by atoms with Gasteiger partial charge in [-0.25, -0.2) is 8.42 Å². The molecule has 0 radical (unpaired) electrons. The topological polar surface area (TPSA) is 80.7 Å². The first-order valence-corrected chi connectivity index (χ1v) is 8.65. The van der Waals surface area contributed by atoms with Crippen LogP contribution in [0.3, 0.4) is 0 Å². The van der Waals surface area contributed by atoms with E-state index < -0.39 is 21.6 Å². The molecule has 0 aromatic heterocycles. The van der Waals surface area contributed by atoms with Crippen LogP contribution in [0.2, 0.25) is 0 Å². The number of thioether (sulfide) groups is 2. The van der Waals surface area contributed by atoms with Crippen molar-refractivity contribution < 1.29 is 23.1 Å². The van der Waals surface area contributed by atoms with Crippen molar-refractivity contribution in [2.24, 2.45) is 0 Å². The fourth-order valence-corrected chi connectivity index (χ4v) is 4.30. The van der Waals surface area contributed by atoms with Crippen LogP contribution in [0, 0.1) is 0 Å². The van der Waals surface area contributed by atoms with Gasteiger partial charge in [0.1, 0.15) is 5.75 Å². The van der Waals surface area contributed by atoms with Crippen LogP contribution in [-0.4, -0.2) is 44.7 Å². The molecule has 0 unspecified atom stereocenters. The van der Waals surface area contributed by atoms with Crippen LogP contribution in [-0.2, 0) is 19.4 Å². The van der Waals surface area contributed by atoms with Gasteiger partial charge in [0, 0.05) is 0 Å². The molecule has 102 valence electrons. The summed E-state index contributed by atoms with van der Waals surface area (Å²) in [6.45, 7) is -0.176. The highest BCUT2D eigenvalue weighted by Crippen LogP contribution is 2.40. The van der Waals surface area contributed by atoms with Crippen molar-refractivity contribution >= 4 is 39.3 Å². The van der Waals surface area contributed by atoms with Gasteiger partial charge in [-0.05, 0) is 22.8 Å². The molecule has 0 atom stereocenters. The number of ether oxygens (including phenoxy) is 1. The Hall–Kier alpha value is -0.440. The van der Waals surface area contributed by atoms with Crippen LogP contribution in [0.15, 0.2) is 20.6 Å². The zero-order valence-corrected chi connectivity index (χ0v) is 12.2. The summed E-state index contributed by atoms with van der Waals surface area (Å²) >= 11 is 2.92. The molecule has 1 heterocycles. The summed E-state index contributed by atoms with van der Waals surface area (Å²) < 4.78 is 28.4. The molecule has 0 bridgehead atoms. The summed E-state index contributed by atoms with van der Waals surface area (Å²) in [6.07, 6.45) is 0.229. The Kier molecular flexibility index (Phi) is 6.27. The summed E-state index contributed by atoms with van der Waals surface area (Å²) in [5.74, 6) is -1.54. The van der Waals surface area contributed by atoms with Crippen LogP contribution >= 0.6 is 23.5 Å². The average molecular weight is 310 g/mol. The zero-order chi connectivity index (χ0) is 13.6. The fourth-order valence-electron chi connectivity index (χ4n) is 1.21. The van der Waals surface area contributed by atoms with E-state index in [1.54, 1.807) is 0 Å². The Balaban J connectivity index is 2.58. The van der Waals surface area contributed by atoms with Crippen molar-refractivity contribution in [1.29, 1.82) is 0 Å². The van der Waals surface area contributed by atoms with Gasteiger partial charge < -0.3 is 9.84 Å². The molecule has 18 heavy (non-hydrogen) atoms. The smallest absolute Gasteiger partial charge is 0.320 e. The normalized spacial score (nSPS) is 14.9. The third kappa shape index (κ3) is 5.05. The Bertz CT molecular complexity index is 454. The monoisotopic (exact) mass is 310 g/mol. The number of rotatable bonds is 6. The molecular formula is C10H14O5S3. The van der Waals surface area contributed by atoms with E-state index in [1.165, 1.54) is 23.5 Å². The molecular weight excluding hydrogens is 296 g/mol. The minimum absolute atomic E-state index is 0.164. The number of esters is 1. The van der Waals surface area contributed by atoms with Crippen LogP contribution in [0.5, 0.6) is 0 Å². The highest BCUT2D eigenvalue weighted by Gasteiger charge is 2.19. The first kappa shape index (κ1) is 15.6. The summed E-state index contributed by atoms with van der Waals surface area (Å²) in [7, 11) is -2.34. The lowest BCUT2D eigenvalue weighted by Crippen LogP contribution is -2.20. The third-order valence-electron chi connectivity index (χ3n) is 2.17. The van der Waals surface area contributed by atoms with Crippen molar-refractivity contribution in [2.75, 3.05) is 25.2 Å². The molecule has 0 amide bonds. The van der Waals surface area contributed by atoms with E-state index in [2.05, 4.69) is 4.74 Å². The standard InChI is InChI=1S/C10H14O5S3/c1-15-9(12)7-18(13,14)5-2-8(6-11)10-16-3-4-17-10/h3-4,11H,2,5-7H2,1H3. The summed E-state index contributed by atoms with van der Waals surface area (Å²) in [5, 5.41) is 13.0. The van der Waals surface area contributed by atoms with E-state index >= 15 is 0 Å². The third-order valence-corrected chi connectivity index (χ3v) is 5.97. The number of carbonyl (C=O) groups excluding carboxylic acids is 1. The molecule has 1 aliphatic heterocycles. The second-order valence-corrected chi connectivity index (χ2v) is 7.75. The molecule has 0 saturated carbocycles. The minimum Gasteiger partial charge on any atom is -0.468 e. The van der Waals surface area contributed by atoms with Crippen LogP contribution in [0.1, 0.15) is 6.42 Å². The van der Waals surface area contributed by atoms with E-state index in [-0.39, 0.29) is 18.8 Å². The first-order valence-electron chi connectivity index (χ1n) is 5.07. The maximum atomic E-state index is 11.6. The number of aliphatic hydroxyl groups is 1. The Morgan fingerprint density at radius 2 is 2.00 bits per heavy atom. The molecule has 0 fully saturated rings. The predicted octanol–water partition coefficient (Wildman–Crippen LogP) is 1.12. The highest BCUT2D eigenvalue weighted by molar-refractivity contribution is 8.27. The maximum Gasteiger partial charge on any atom is 0.320 e. The molecule has 8 heteroatoms. The van der Waals surface area contributed by atoms with E-state index in [1.807, 2.05) is 10.8 Å². The number of hydrogen-bond acceptors (Lipinski definition) is 7. The van der Waals surface area contributed by atoms with Gasteiger partial charge in [-0.15, -0.1) is 0 Å². The lowest BCUT2D eigenvalue weighted by molar-refractivity contribution is -0.137. The summed E-state index contributed by atoms with van der Waals surface area (Å²) in [5.41, 5.74) is 0.684. The van der Waals surface area contributed by atoms with Crippen LogP contribution in [0.25, 0.3) is 0 Å². The van der Waals surface area contributed by atoms with Gasteiger partial charge >= 0.3 is 5.97 Å². The quantitative estimate of drug-likeness (QED) is 0.736. The molecule has 0 aliphatic carbocycles. The van der Waals surface area contributed by atoms with Crippen molar-refractivity contribution in [2.45, 2.75) is 6.42 Å². The van der Waals surface area contributed by atoms with E-state index in [4.69, 9.17) is 0 Å². The van der Waals surface area contributed by atoms with Gasteiger partial charge in [-0.2, -0.15) is 0 Å². The van der Waals surface area contributed by atoms with Gasteiger partial charge in [0.05, 0.1) is 23.7 Å². The van der Waals surface area contributed by atoms with E-state index in [0.29, 0.717) is 5.57 Å². The molecule has 1 aliphatic rings. The van der Waals surface area contributed by atoms with Gasteiger partial charge in [0.2, 0.25) is 0 Å². The second kappa shape index (κ2) is 7.22. The largest absolute Gasteiger partial charge is 0.468 e. The lowest BCUT2D eigenvalue weighted by Gasteiger charge is -2.08. The van der Waals surface area contributed by atoms with Gasteiger partial charge in [-0.3, -0.25) is 4.79 Å². The van der Waals surface area contributed by atoms with Gasteiger partial charge in [0.15, 0.2) is 9.84 Å². The molecule has 1 N–H and O–H groups in total. The average Bonchev–Trinajstić information content (AvgIpc) is 2.82. The summed E-state index contributed by atoms with van der Waals surface area (Å²) in [6, 6.07) is 0. The Labute approximate surface area is 115 Å². The highest BCUT2D eigenvalue weighted by atomic mass is 32.2. The molecule has 5 nitrogen and oxygen atoms in total. The van der Waals surface area contributed by atoms with Crippen molar-refractivity contribution in [3.63, 3.8) is 0 Å². The molecule has 0 saturated heterocycles. The van der Waals surface area contributed by atoms with Gasteiger partial charge in [-0.1, -0.05) is 23.5 Å². The molecule has 0 aromatic carbocycles. The Morgan fingerprint density at radius 3 is 2.50 bits per heavy atom. The Morgan fingerprint density at radius 1 is 1.39 bits per heavy atom.